The molecule has 1 aromatic carbocycles. The Hall–Kier alpha value is -4.89. The number of halogens is 2. The lowest BCUT2D eigenvalue weighted by molar-refractivity contribution is -0.158. The van der Waals surface area contributed by atoms with Crippen LogP contribution in [0.15, 0.2) is 30.4 Å². The van der Waals surface area contributed by atoms with Crippen molar-refractivity contribution in [3.05, 3.63) is 47.5 Å². The highest BCUT2D eigenvalue weighted by molar-refractivity contribution is 5.98. The normalized spacial score (nSPS) is 27.8. The molecule has 5 rings (SSSR count). The molecule has 3 saturated heterocycles. The maximum atomic E-state index is 14.4. The second kappa shape index (κ2) is 19.5. The average Bonchev–Trinajstić information content (AvgIpc) is 3.77. The number of rotatable bonds is 8. The molecule has 57 heavy (non-hydrogen) atoms. The molecule has 1 saturated carbocycles. The van der Waals surface area contributed by atoms with Crippen LogP contribution in [0, 0.1) is 23.5 Å². The molecule has 0 bridgehead atoms. The van der Waals surface area contributed by atoms with Gasteiger partial charge in [0.15, 0.2) is 0 Å². The summed E-state index contributed by atoms with van der Waals surface area (Å²) in [6.45, 7) is 4.61. The summed E-state index contributed by atoms with van der Waals surface area (Å²) in [7, 11) is 1.43. The number of esters is 1. The molecular weight excluding hydrogens is 742 g/mol. The topological polar surface area (TPSA) is 175 Å². The van der Waals surface area contributed by atoms with E-state index < -0.39 is 95.9 Å². The van der Waals surface area contributed by atoms with E-state index in [0.29, 0.717) is 18.9 Å². The Morgan fingerprint density at radius 1 is 0.912 bits per heavy atom. The van der Waals surface area contributed by atoms with E-state index >= 15 is 0 Å². The average molecular weight is 799 g/mol. The van der Waals surface area contributed by atoms with E-state index in [1.54, 1.807) is 6.08 Å². The predicted molar refractivity (Wildman–Crippen MR) is 204 cm³/mol. The van der Waals surface area contributed by atoms with Gasteiger partial charge in [0, 0.05) is 32.6 Å². The van der Waals surface area contributed by atoms with Gasteiger partial charge >= 0.3 is 5.97 Å². The van der Waals surface area contributed by atoms with Crippen molar-refractivity contribution < 1.29 is 47.1 Å². The zero-order valence-corrected chi connectivity index (χ0v) is 33.3. The van der Waals surface area contributed by atoms with Gasteiger partial charge in [0.25, 0.3) is 0 Å². The van der Waals surface area contributed by atoms with Crippen molar-refractivity contribution >= 4 is 41.4 Å². The molecule has 4 aliphatic rings. The van der Waals surface area contributed by atoms with Crippen molar-refractivity contribution in [3.63, 3.8) is 0 Å². The molecule has 1 aliphatic carbocycles. The van der Waals surface area contributed by atoms with Crippen LogP contribution in [-0.4, -0.2) is 119 Å². The second-order valence-electron chi connectivity index (χ2n) is 15.9. The minimum atomic E-state index is -1.56. The summed E-state index contributed by atoms with van der Waals surface area (Å²) in [5, 5.41) is 7.90. The molecule has 3 heterocycles. The van der Waals surface area contributed by atoms with Crippen molar-refractivity contribution in [2.75, 3.05) is 26.7 Å². The third-order valence-corrected chi connectivity index (χ3v) is 11.8. The monoisotopic (exact) mass is 798 g/mol. The molecule has 0 aromatic heterocycles. The predicted octanol–water partition coefficient (Wildman–Crippen LogP) is 2.53. The second-order valence-corrected chi connectivity index (χ2v) is 15.9. The van der Waals surface area contributed by atoms with Crippen LogP contribution in [0.2, 0.25) is 0 Å². The molecule has 3 aliphatic heterocycles. The van der Waals surface area contributed by atoms with Crippen molar-refractivity contribution in [1.29, 1.82) is 0 Å². The molecule has 312 valence electrons. The highest BCUT2D eigenvalue weighted by Crippen LogP contribution is 2.28. The number of ether oxygens (including phenoxy) is 1. The van der Waals surface area contributed by atoms with Crippen LogP contribution in [0.5, 0.6) is 0 Å². The third-order valence-electron chi connectivity index (χ3n) is 11.8. The molecule has 16 heteroatoms. The SMILES string of the molecule is CC[C@@H]1C[C@H]2C(=O)OC[C@H](NC(=O)[C@H](Cc3cc(F)cc(F)c3)NC(=O)C=CC3CCCCCC3)C(=O)N3CCC[C@H]3C(=O)N(C)[C@@H](C)C(=O)N[C@@H](C)C(=O)N2C1. The van der Waals surface area contributed by atoms with Gasteiger partial charge in [-0.3, -0.25) is 28.8 Å². The van der Waals surface area contributed by atoms with Gasteiger partial charge in [-0.25, -0.2) is 13.6 Å². The number of benzene rings is 1. The first-order valence-electron chi connectivity index (χ1n) is 20.2. The lowest BCUT2D eigenvalue weighted by Gasteiger charge is -2.34. The van der Waals surface area contributed by atoms with Gasteiger partial charge in [-0.15, -0.1) is 0 Å². The zero-order valence-electron chi connectivity index (χ0n) is 33.3. The fourth-order valence-corrected chi connectivity index (χ4v) is 8.25. The summed E-state index contributed by atoms with van der Waals surface area (Å²) in [6, 6.07) is -4.35. The number of allylic oxidation sites excluding steroid dienone is 1. The maximum Gasteiger partial charge on any atom is 0.328 e. The minimum Gasteiger partial charge on any atom is -0.461 e. The van der Waals surface area contributed by atoms with Crippen LogP contribution in [-0.2, 0) is 44.7 Å². The van der Waals surface area contributed by atoms with E-state index in [1.807, 2.05) is 6.92 Å². The van der Waals surface area contributed by atoms with Gasteiger partial charge in [-0.1, -0.05) is 45.1 Å². The molecule has 14 nitrogen and oxygen atoms in total. The van der Waals surface area contributed by atoms with E-state index in [-0.39, 0.29) is 49.8 Å². The Balaban J connectivity index is 1.45. The fourth-order valence-electron chi connectivity index (χ4n) is 8.25. The van der Waals surface area contributed by atoms with Crippen LogP contribution in [0.1, 0.15) is 90.5 Å². The van der Waals surface area contributed by atoms with Gasteiger partial charge in [-0.05, 0) is 81.6 Å². The van der Waals surface area contributed by atoms with Crippen molar-refractivity contribution in [2.24, 2.45) is 11.8 Å². The molecule has 4 fully saturated rings. The molecule has 3 N–H and O–H groups in total. The number of nitrogens with zero attached hydrogens (tertiary/aromatic N) is 3. The van der Waals surface area contributed by atoms with E-state index in [0.717, 1.165) is 50.7 Å². The zero-order chi connectivity index (χ0) is 41.4. The molecule has 0 spiro atoms. The van der Waals surface area contributed by atoms with E-state index in [9.17, 15) is 42.3 Å². The number of fused-ring (bicyclic) bond motifs is 2. The molecule has 0 radical (unpaired) electrons. The summed E-state index contributed by atoms with van der Waals surface area (Å²) in [5.41, 5.74) is 0.0635. The van der Waals surface area contributed by atoms with Gasteiger partial charge in [-0.2, -0.15) is 0 Å². The number of nitrogens with one attached hydrogen (secondary N) is 3. The summed E-state index contributed by atoms with van der Waals surface area (Å²) in [5.74, 6) is -6.38. The van der Waals surface area contributed by atoms with E-state index in [2.05, 4.69) is 16.0 Å². The summed E-state index contributed by atoms with van der Waals surface area (Å²) in [4.78, 5) is 100. The van der Waals surface area contributed by atoms with Crippen LogP contribution < -0.4 is 16.0 Å². The Morgan fingerprint density at radius 2 is 1.60 bits per heavy atom. The number of amides is 6. The molecular formula is C41H56F2N6O8. The first-order chi connectivity index (χ1) is 27.2. The number of carbonyl (C=O) groups excluding carboxylic acids is 7. The van der Waals surface area contributed by atoms with E-state index in [4.69, 9.17) is 4.74 Å². The largest absolute Gasteiger partial charge is 0.461 e. The number of hydrogen-bond acceptors (Lipinski definition) is 8. The smallest absolute Gasteiger partial charge is 0.328 e. The summed E-state index contributed by atoms with van der Waals surface area (Å²) < 4.78 is 34.3. The van der Waals surface area contributed by atoms with Crippen LogP contribution in [0.4, 0.5) is 8.78 Å². The van der Waals surface area contributed by atoms with Crippen molar-refractivity contribution in [2.45, 2.75) is 128 Å². The lowest BCUT2D eigenvalue weighted by Crippen LogP contribution is -2.60. The third kappa shape index (κ3) is 10.9. The minimum absolute atomic E-state index is 0.0460. The first-order valence-corrected chi connectivity index (χ1v) is 20.2. The summed E-state index contributed by atoms with van der Waals surface area (Å²) >= 11 is 0. The summed E-state index contributed by atoms with van der Waals surface area (Å²) in [6.07, 6.45) is 10.6. The van der Waals surface area contributed by atoms with E-state index in [1.165, 1.54) is 41.7 Å². The Kier molecular flexibility index (Phi) is 14.8. The number of likely N-dealkylation sites (N-methyl/N-ethyl adjacent to an activating group) is 1. The number of cyclic esters (lactones) is 1. The molecule has 6 amide bonds. The Bertz CT molecular complexity index is 1700. The Morgan fingerprint density at radius 3 is 2.26 bits per heavy atom. The van der Waals surface area contributed by atoms with Gasteiger partial charge in [0.05, 0.1) is 0 Å². The van der Waals surface area contributed by atoms with Crippen LogP contribution >= 0.6 is 0 Å². The number of carbonyl (C=O) groups is 7. The molecule has 1 aromatic rings. The van der Waals surface area contributed by atoms with Gasteiger partial charge < -0.3 is 35.4 Å². The lowest BCUT2D eigenvalue weighted by atomic mass is 10.00. The standard InChI is InChI=1S/C41H56F2N6O8/c1-5-26-20-34-41(56)57-23-32(39(54)48-16-10-13-33(48)40(55)47(4)25(3)36(51)44-24(2)38(53)49(34)22-26)46-37(52)31(19-28-17-29(42)21-30(43)18-28)45-35(50)15-14-27-11-8-6-7-9-12-27/h14-15,17-18,21,24-27,31-34H,5-13,16,19-20,22-23H2,1-4H3,(H,44,51)(H,45,50)(H,46,52)/t24-,25-,26+,31-,32-,33-,34-/m0/s1. The quantitative estimate of drug-likeness (QED) is 0.205. The van der Waals surface area contributed by atoms with Crippen LogP contribution in [0.3, 0.4) is 0 Å². The van der Waals surface area contributed by atoms with Crippen molar-refractivity contribution in [3.8, 4) is 0 Å². The maximum absolute atomic E-state index is 14.4. The fraction of sp³-hybridized carbons (Fsp3) is 0.634. The molecule has 0 unspecified atom stereocenters. The number of hydrogen-bond donors (Lipinski definition) is 3. The van der Waals surface area contributed by atoms with Crippen molar-refractivity contribution in [1.82, 2.24) is 30.7 Å². The Labute approximate surface area is 332 Å². The highest BCUT2D eigenvalue weighted by atomic mass is 19.1. The van der Waals surface area contributed by atoms with Gasteiger partial charge in [0.1, 0.15) is 54.5 Å². The molecule has 7 atom stereocenters. The van der Waals surface area contributed by atoms with Crippen LogP contribution in [0.25, 0.3) is 0 Å². The first kappa shape index (κ1) is 43.2. The van der Waals surface area contributed by atoms with Gasteiger partial charge in [0.2, 0.25) is 35.4 Å². The highest BCUT2D eigenvalue weighted by Gasteiger charge is 2.45.